The molecule has 1 N–H and O–H groups in total. The Bertz CT molecular complexity index is 376. The molecule has 0 aromatic carbocycles. The second kappa shape index (κ2) is 7.08. The van der Waals surface area contributed by atoms with Crippen LogP contribution >= 0.6 is 0 Å². The summed E-state index contributed by atoms with van der Waals surface area (Å²) in [4.78, 5) is 2.41. The minimum absolute atomic E-state index is 0.473. The average Bonchev–Trinajstić information content (AvgIpc) is 2.79. The number of nitrogens with zero attached hydrogens (tertiary/aromatic N) is 1. The van der Waals surface area contributed by atoms with E-state index < -0.39 is 0 Å². The van der Waals surface area contributed by atoms with Crippen molar-refractivity contribution in [3.63, 3.8) is 0 Å². The highest BCUT2D eigenvalue weighted by Gasteiger charge is 2.19. The summed E-state index contributed by atoms with van der Waals surface area (Å²) in [7, 11) is 0. The minimum Gasteiger partial charge on any atom is -0.463 e. The highest BCUT2D eigenvalue weighted by atomic mass is 16.5. The monoisotopic (exact) mass is 266 g/mol. The predicted octanol–water partition coefficient (Wildman–Crippen LogP) is 2.25. The van der Waals surface area contributed by atoms with Gasteiger partial charge in [0.05, 0.1) is 26.3 Å². The van der Waals surface area contributed by atoms with Gasteiger partial charge in [-0.1, -0.05) is 13.8 Å². The number of morpholine rings is 1. The van der Waals surface area contributed by atoms with Gasteiger partial charge in [0.1, 0.15) is 11.5 Å². The van der Waals surface area contributed by atoms with E-state index in [0.29, 0.717) is 12.0 Å². The molecule has 2 heterocycles. The molecule has 4 heteroatoms. The van der Waals surface area contributed by atoms with E-state index in [9.17, 15) is 0 Å². The van der Waals surface area contributed by atoms with Gasteiger partial charge in [0.25, 0.3) is 0 Å². The molecular weight excluding hydrogens is 240 g/mol. The van der Waals surface area contributed by atoms with E-state index in [4.69, 9.17) is 9.15 Å². The average molecular weight is 266 g/mol. The van der Waals surface area contributed by atoms with Crippen LogP contribution in [0.5, 0.6) is 0 Å². The van der Waals surface area contributed by atoms with Crippen molar-refractivity contribution in [2.75, 3.05) is 26.3 Å². The normalized spacial score (nSPS) is 21.2. The molecule has 1 aromatic heterocycles. The molecule has 1 saturated heterocycles. The van der Waals surface area contributed by atoms with Crippen LogP contribution < -0.4 is 5.32 Å². The number of ether oxygens (including phenoxy) is 1. The van der Waals surface area contributed by atoms with Gasteiger partial charge in [-0.25, -0.2) is 0 Å². The molecule has 0 saturated carbocycles. The Labute approximate surface area is 116 Å². The lowest BCUT2D eigenvalue weighted by Crippen LogP contribution is -2.42. The summed E-state index contributed by atoms with van der Waals surface area (Å²) >= 11 is 0. The molecule has 1 aromatic rings. The van der Waals surface area contributed by atoms with Gasteiger partial charge in [-0.15, -0.1) is 0 Å². The molecule has 1 aliphatic heterocycles. The molecule has 0 spiro atoms. The first-order chi connectivity index (χ1) is 9.15. The fourth-order valence-corrected chi connectivity index (χ4v) is 2.28. The molecule has 0 bridgehead atoms. The lowest BCUT2D eigenvalue weighted by molar-refractivity contribution is -0.00722. The van der Waals surface area contributed by atoms with Crippen LogP contribution in [-0.2, 0) is 17.8 Å². The maximum atomic E-state index is 5.87. The zero-order valence-corrected chi connectivity index (χ0v) is 12.3. The molecule has 1 aliphatic rings. The van der Waals surface area contributed by atoms with E-state index in [1.165, 1.54) is 0 Å². The van der Waals surface area contributed by atoms with Crippen LogP contribution in [0.4, 0.5) is 0 Å². The van der Waals surface area contributed by atoms with Crippen LogP contribution in [-0.4, -0.2) is 37.2 Å². The SMILES string of the molecule is CC(C)CNCc1ccc(CN2CCOCC2C)o1. The summed E-state index contributed by atoms with van der Waals surface area (Å²) in [6.45, 7) is 12.0. The van der Waals surface area contributed by atoms with Crippen LogP contribution in [0.3, 0.4) is 0 Å². The Balaban J connectivity index is 1.79. The smallest absolute Gasteiger partial charge is 0.118 e. The number of furan rings is 1. The highest BCUT2D eigenvalue weighted by molar-refractivity contribution is 5.07. The lowest BCUT2D eigenvalue weighted by Gasteiger charge is -2.32. The maximum Gasteiger partial charge on any atom is 0.118 e. The third-order valence-corrected chi connectivity index (χ3v) is 3.43. The third kappa shape index (κ3) is 4.64. The summed E-state index contributed by atoms with van der Waals surface area (Å²) < 4.78 is 11.3. The molecule has 19 heavy (non-hydrogen) atoms. The standard InChI is InChI=1S/C15H26N2O2/c1-12(2)8-16-9-14-4-5-15(19-14)10-17-6-7-18-11-13(17)3/h4-5,12-13,16H,6-11H2,1-3H3. The van der Waals surface area contributed by atoms with Gasteiger partial charge >= 0.3 is 0 Å². The summed E-state index contributed by atoms with van der Waals surface area (Å²) in [5.41, 5.74) is 0. The topological polar surface area (TPSA) is 37.6 Å². The third-order valence-electron chi connectivity index (χ3n) is 3.43. The molecule has 1 atom stereocenters. The first-order valence-corrected chi connectivity index (χ1v) is 7.25. The molecule has 2 rings (SSSR count). The molecular formula is C15H26N2O2. The van der Waals surface area contributed by atoms with Crippen molar-refractivity contribution in [3.05, 3.63) is 23.7 Å². The highest BCUT2D eigenvalue weighted by Crippen LogP contribution is 2.14. The Morgan fingerprint density at radius 2 is 2.16 bits per heavy atom. The molecule has 0 aliphatic carbocycles. The van der Waals surface area contributed by atoms with E-state index >= 15 is 0 Å². The Morgan fingerprint density at radius 1 is 1.37 bits per heavy atom. The molecule has 108 valence electrons. The largest absolute Gasteiger partial charge is 0.463 e. The minimum atomic E-state index is 0.473. The second-order valence-electron chi connectivity index (χ2n) is 5.79. The summed E-state index contributed by atoms with van der Waals surface area (Å²) in [6.07, 6.45) is 0. The first kappa shape index (κ1) is 14.6. The Hall–Kier alpha value is -0.840. The predicted molar refractivity (Wildman–Crippen MR) is 75.9 cm³/mol. The van der Waals surface area contributed by atoms with Gasteiger partial charge in [0.15, 0.2) is 0 Å². The van der Waals surface area contributed by atoms with Crippen LogP contribution in [0.2, 0.25) is 0 Å². The molecule has 1 unspecified atom stereocenters. The number of hydrogen-bond acceptors (Lipinski definition) is 4. The van der Waals surface area contributed by atoms with Crippen LogP contribution in [0, 0.1) is 5.92 Å². The zero-order valence-electron chi connectivity index (χ0n) is 12.3. The second-order valence-corrected chi connectivity index (χ2v) is 5.79. The van der Waals surface area contributed by atoms with Crippen molar-refractivity contribution in [2.24, 2.45) is 5.92 Å². The maximum absolute atomic E-state index is 5.87. The Morgan fingerprint density at radius 3 is 2.89 bits per heavy atom. The van der Waals surface area contributed by atoms with Gasteiger partial charge in [0.2, 0.25) is 0 Å². The Kier molecular flexibility index (Phi) is 5.43. The van der Waals surface area contributed by atoms with Crippen molar-refractivity contribution in [1.82, 2.24) is 10.2 Å². The number of nitrogens with one attached hydrogen (secondary N) is 1. The molecule has 0 radical (unpaired) electrons. The van der Waals surface area contributed by atoms with E-state index in [1.807, 2.05) is 0 Å². The molecule has 4 nitrogen and oxygen atoms in total. The van der Waals surface area contributed by atoms with Crippen molar-refractivity contribution < 1.29 is 9.15 Å². The van der Waals surface area contributed by atoms with Crippen LogP contribution in [0.25, 0.3) is 0 Å². The lowest BCUT2D eigenvalue weighted by atomic mass is 10.2. The van der Waals surface area contributed by atoms with Crippen molar-refractivity contribution >= 4 is 0 Å². The van der Waals surface area contributed by atoms with Gasteiger partial charge in [-0.3, -0.25) is 4.90 Å². The van der Waals surface area contributed by atoms with E-state index in [1.54, 1.807) is 0 Å². The summed E-state index contributed by atoms with van der Waals surface area (Å²) in [6, 6.07) is 4.64. The van der Waals surface area contributed by atoms with Crippen LogP contribution in [0.1, 0.15) is 32.3 Å². The van der Waals surface area contributed by atoms with Gasteiger partial charge in [-0.05, 0) is 31.5 Å². The number of rotatable bonds is 6. The van der Waals surface area contributed by atoms with Gasteiger partial charge in [-0.2, -0.15) is 0 Å². The van der Waals surface area contributed by atoms with Crippen molar-refractivity contribution in [2.45, 2.75) is 39.9 Å². The molecule has 0 amide bonds. The fraction of sp³-hybridized carbons (Fsp3) is 0.733. The summed E-state index contributed by atoms with van der Waals surface area (Å²) in [5, 5.41) is 3.40. The van der Waals surface area contributed by atoms with E-state index in [-0.39, 0.29) is 0 Å². The van der Waals surface area contributed by atoms with E-state index in [0.717, 1.165) is 50.9 Å². The fourth-order valence-electron chi connectivity index (χ4n) is 2.28. The van der Waals surface area contributed by atoms with Crippen LogP contribution in [0.15, 0.2) is 16.5 Å². The van der Waals surface area contributed by atoms with Crippen molar-refractivity contribution in [3.8, 4) is 0 Å². The van der Waals surface area contributed by atoms with Gasteiger partial charge in [0, 0.05) is 12.6 Å². The molecule has 1 fully saturated rings. The summed E-state index contributed by atoms with van der Waals surface area (Å²) in [5.74, 6) is 2.75. The van der Waals surface area contributed by atoms with E-state index in [2.05, 4.69) is 43.1 Å². The first-order valence-electron chi connectivity index (χ1n) is 7.25. The number of hydrogen-bond donors (Lipinski definition) is 1. The van der Waals surface area contributed by atoms with Gasteiger partial charge < -0.3 is 14.5 Å². The zero-order chi connectivity index (χ0) is 13.7. The quantitative estimate of drug-likeness (QED) is 0.857. The van der Waals surface area contributed by atoms with Crippen molar-refractivity contribution in [1.29, 1.82) is 0 Å².